The second kappa shape index (κ2) is 11.8. The number of aryl methyl sites for hydroxylation is 1. The van der Waals surface area contributed by atoms with Crippen molar-refractivity contribution in [1.29, 1.82) is 0 Å². The third kappa shape index (κ3) is 6.78. The molecule has 2 heterocycles. The van der Waals surface area contributed by atoms with Gasteiger partial charge in [-0.2, -0.15) is 4.37 Å². The second-order valence-electron chi connectivity index (χ2n) is 8.36. The van der Waals surface area contributed by atoms with Crippen molar-refractivity contribution in [1.82, 2.24) is 9.27 Å². The van der Waals surface area contributed by atoms with Crippen LogP contribution in [0.2, 0.25) is 0 Å². The van der Waals surface area contributed by atoms with Gasteiger partial charge < -0.3 is 26.4 Å². The van der Waals surface area contributed by atoms with Crippen molar-refractivity contribution in [2.75, 3.05) is 55.3 Å². The zero-order valence-electron chi connectivity index (χ0n) is 19.7. The molecule has 1 aromatic heterocycles. The molecule has 1 fully saturated rings. The van der Waals surface area contributed by atoms with E-state index >= 15 is 0 Å². The zero-order valence-corrected chi connectivity index (χ0v) is 20.5. The highest BCUT2D eigenvalue weighted by Gasteiger charge is 2.20. The molecule has 0 bridgehead atoms. The summed E-state index contributed by atoms with van der Waals surface area (Å²) in [6.45, 7) is 7.08. The number of benzene rings is 2. The second-order valence-corrected chi connectivity index (χ2v) is 9.13. The fraction of sp³-hybridized carbons (Fsp3) is 0.320. The Labute approximate surface area is 208 Å². The normalized spacial score (nSPS) is 13.9. The highest BCUT2D eigenvalue weighted by atomic mass is 32.1. The Bertz CT molecular complexity index is 1160. The first-order chi connectivity index (χ1) is 17.0. The molecule has 4 rings (SSSR count). The molecule has 0 unspecified atom stereocenters. The van der Waals surface area contributed by atoms with Crippen LogP contribution >= 0.6 is 11.5 Å². The van der Waals surface area contributed by atoms with E-state index in [1.54, 1.807) is 12.1 Å². The maximum atomic E-state index is 12.3. The first kappa shape index (κ1) is 24.6. The summed E-state index contributed by atoms with van der Waals surface area (Å²) in [5.74, 6) is -0.0108. The summed E-state index contributed by atoms with van der Waals surface area (Å²) in [6, 6.07) is 14.5. The van der Waals surface area contributed by atoms with Gasteiger partial charge in [-0.3, -0.25) is 9.69 Å². The molecule has 0 saturated carbocycles. The Morgan fingerprint density at radius 3 is 2.54 bits per heavy atom. The molecular formula is C25H30N6O3S. The molecule has 3 aromatic rings. The average molecular weight is 495 g/mol. The van der Waals surface area contributed by atoms with Gasteiger partial charge in [0, 0.05) is 31.0 Å². The minimum atomic E-state index is -0.524. The van der Waals surface area contributed by atoms with Crippen LogP contribution in [0.5, 0.6) is 0 Å². The smallest absolute Gasteiger partial charge is 0.323 e. The molecule has 5 N–H and O–H groups in total. The van der Waals surface area contributed by atoms with E-state index in [4.69, 9.17) is 10.5 Å². The summed E-state index contributed by atoms with van der Waals surface area (Å²) in [4.78, 5) is 27.6. The monoisotopic (exact) mass is 494 g/mol. The van der Waals surface area contributed by atoms with Crippen LogP contribution in [0.1, 0.15) is 22.3 Å². The number of anilines is 3. The first-order valence-electron chi connectivity index (χ1n) is 11.6. The number of rotatable bonds is 9. The van der Waals surface area contributed by atoms with Gasteiger partial charge in [-0.1, -0.05) is 24.3 Å². The van der Waals surface area contributed by atoms with Crippen molar-refractivity contribution in [3.63, 3.8) is 0 Å². The van der Waals surface area contributed by atoms with Crippen LogP contribution in [0, 0.1) is 6.92 Å². The van der Waals surface area contributed by atoms with E-state index < -0.39 is 5.91 Å². The van der Waals surface area contributed by atoms with Crippen LogP contribution < -0.4 is 21.7 Å². The summed E-state index contributed by atoms with van der Waals surface area (Å²) >= 11 is 1.23. The van der Waals surface area contributed by atoms with E-state index in [1.807, 2.05) is 43.3 Å². The third-order valence-electron chi connectivity index (χ3n) is 5.67. The van der Waals surface area contributed by atoms with Gasteiger partial charge in [0.25, 0.3) is 5.91 Å². The van der Waals surface area contributed by atoms with E-state index in [0.29, 0.717) is 28.5 Å². The van der Waals surface area contributed by atoms with E-state index in [9.17, 15) is 9.59 Å². The molecule has 10 heteroatoms. The van der Waals surface area contributed by atoms with Crippen molar-refractivity contribution < 1.29 is 14.3 Å². The Hall–Kier alpha value is -3.47. The lowest BCUT2D eigenvalue weighted by Gasteiger charge is -2.26. The number of primary amides is 1. The SMILES string of the molecule is Cc1cccc(NC(=O)Nc2ccc(-c3snc(NCCCN4CCOCC4)c3C(N)=O)cc2)c1. The number of hydrogen-bond acceptors (Lipinski definition) is 7. The Morgan fingerprint density at radius 2 is 1.83 bits per heavy atom. The van der Waals surface area contributed by atoms with Gasteiger partial charge in [-0.15, -0.1) is 0 Å². The predicted molar refractivity (Wildman–Crippen MR) is 140 cm³/mol. The highest BCUT2D eigenvalue weighted by molar-refractivity contribution is 7.10. The lowest BCUT2D eigenvalue weighted by atomic mass is 10.1. The summed E-state index contributed by atoms with van der Waals surface area (Å²) in [5, 5.41) is 8.89. The zero-order chi connectivity index (χ0) is 24.6. The van der Waals surface area contributed by atoms with Crippen LogP contribution in [0.4, 0.5) is 22.0 Å². The molecule has 1 saturated heterocycles. The van der Waals surface area contributed by atoms with E-state index in [-0.39, 0.29) is 6.03 Å². The molecule has 2 aromatic carbocycles. The highest BCUT2D eigenvalue weighted by Crippen LogP contribution is 2.33. The molecule has 184 valence electrons. The molecule has 0 radical (unpaired) electrons. The topological polar surface area (TPSA) is 122 Å². The maximum Gasteiger partial charge on any atom is 0.323 e. The fourth-order valence-corrected chi connectivity index (χ4v) is 4.76. The molecule has 0 aliphatic carbocycles. The standard InChI is InChI=1S/C25H30N6O3S/c1-17-4-2-5-20(16-17)29-25(33)28-19-8-6-18(7-9-19)22-21(23(26)32)24(30-35-22)27-10-3-11-31-12-14-34-15-13-31/h2,4-9,16H,3,10-15H2,1H3,(H2,26,32)(H,27,30)(H2,28,29,33). The summed E-state index contributed by atoms with van der Waals surface area (Å²) in [5.41, 5.74) is 9.31. The molecule has 3 amide bonds. The van der Waals surface area contributed by atoms with Gasteiger partial charge in [0.05, 0.1) is 18.1 Å². The van der Waals surface area contributed by atoms with Gasteiger partial charge in [0.15, 0.2) is 5.82 Å². The summed E-state index contributed by atoms with van der Waals surface area (Å²) < 4.78 is 9.81. The van der Waals surface area contributed by atoms with Crippen LogP contribution in [-0.4, -0.2) is 60.6 Å². The van der Waals surface area contributed by atoms with Crippen molar-refractivity contribution >= 4 is 40.7 Å². The minimum Gasteiger partial charge on any atom is -0.379 e. The first-order valence-corrected chi connectivity index (χ1v) is 12.4. The Kier molecular flexibility index (Phi) is 8.30. The van der Waals surface area contributed by atoms with Crippen molar-refractivity contribution in [3.8, 4) is 10.4 Å². The van der Waals surface area contributed by atoms with Crippen LogP contribution in [0.3, 0.4) is 0 Å². The number of aromatic nitrogens is 1. The average Bonchev–Trinajstić information content (AvgIpc) is 3.27. The summed E-state index contributed by atoms with van der Waals surface area (Å²) in [7, 11) is 0. The van der Waals surface area contributed by atoms with Gasteiger partial charge >= 0.3 is 6.03 Å². The number of ether oxygens (including phenoxy) is 1. The van der Waals surface area contributed by atoms with E-state index in [2.05, 4.69) is 25.2 Å². The number of nitrogens with two attached hydrogens (primary N) is 1. The molecule has 1 aliphatic rings. The number of nitrogens with one attached hydrogen (secondary N) is 3. The van der Waals surface area contributed by atoms with Crippen molar-refractivity contribution in [3.05, 3.63) is 59.7 Å². The van der Waals surface area contributed by atoms with Crippen LogP contribution in [-0.2, 0) is 4.74 Å². The van der Waals surface area contributed by atoms with Gasteiger partial charge in [0.2, 0.25) is 0 Å². The number of hydrogen-bond donors (Lipinski definition) is 4. The fourth-order valence-electron chi connectivity index (χ4n) is 3.89. The van der Waals surface area contributed by atoms with Gasteiger partial charge in [0.1, 0.15) is 5.56 Å². The van der Waals surface area contributed by atoms with Gasteiger partial charge in [-0.05, 0) is 66.8 Å². The van der Waals surface area contributed by atoms with E-state index in [0.717, 1.165) is 56.1 Å². The molecule has 0 spiro atoms. The molecular weight excluding hydrogens is 464 g/mol. The number of carbonyl (C=O) groups excluding carboxylic acids is 2. The maximum absolute atomic E-state index is 12.3. The molecule has 1 aliphatic heterocycles. The lowest BCUT2D eigenvalue weighted by molar-refractivity contribution is 0.0378. The molecule has 0 atom stereocenters. The number of carbonyl (C=O) groups is 2. The third-order valence-corrected chi connectivity index (χ3v) is 6.56. The largest absolute Gasteiger partial charge is 0.379 e. The lowest BCUT2D eigenvalue weighted by Crippen LogP contribution is -2.37. The number of urea groups is 1. The van der Waals surface area contributed by atoms with Crippen LogP contribution in [0.25, 0.3) is 10.4 Å². The Morgan fingerprint density at radius 1 is 1.09 bits per heavy atom. The quantitative estimate of drug-likeness (QED) is 0.334. The van der Waals surface area contributed by atoms with Crippen molar-refractivity contribution in [2.24, 2.45) is 5.73 Å². The molecule has 35 heavy (non-hydrogen) atoms. The van der Waals surface area contributed by atoms with E-state index in [1.165, 1.54) is 11.5 Å². The molecule has 9 nitrogen and oxygen atoms in total. The predicted octanol–water partition coefficient (Wildman–Crippen LogP) is 4.00. The van der Waals surface area contributed by atoms with Gasteiger partial charge in [-0.25, -0.2) is 4.79 Å². The number of morpholine rings is 1. The Balaban J connectivity index is 1.36. The minimum absolute atomic E-state index is 0.331. The summed E-state index contributed by atoms with van der Waals surface area (Å²) in [6.07, 6.45) is 0.927. The van der Waals surface area contributed by atoms with Crippen LogP contribution in [0.15, 0.2) is 48.5 Å². The van der Waals surface area contributed by atoms with Crippen molar-refractivity contribution in [2.45, 2.75) is 13.3 Å². The number of nitrogens with zero attached hydrogens (tertiary/aromatic N) is 2. The number of amides is 3.